The van der Waals surface area contributed by atoms with Crippen LogP contribution in [0.25, 0.3) is 0 Å². The van der Waals surface area contributed by atoms with Crippen LogP contribution in [0.15, 0.2) is 18.2 Å². The molecule has 3 nitrogen and oxygen atoms in total. The molecule has 1 saturated heterocycles. The number of hydroxylamine groups is 2. The summed E-state index contributed by atoms with van der Waals surface area (Å²) in [6.45, 7) is 11.3. The number of hydrogen-bond acceptors (Lipinski definition) is 3. The maximum atomic E-state index is 9.12. The highest BCUT2D eigenvalue weighted by molar-refractivity contribution is 5.41. The van der Waals surface area contributed by atoms with Crippen molar-refractivity contribution in [2.24, 2.45) is 11.8 Å². The monoisotopic (exact) mass is 312 g/mol. The van der Waals surface area contributed by atoms with Crippen LogP contribution in [0.5, 0.6) is 0 Å². The molecule has 0 radical (unpaired) electrons. The van der Waals surface area contributed by atoms with Crippen LogP contribution in [0.1, 0.15) is 57.2 Å². The van der Waals surface area contributed by atoms with Gasteiger partial charge in [-0.1, -0.05) is 19.9 Å². The number of nitrogens with zero attached hydrogens (tertiary/aromatic N) is 2. The lowest BCUT2D eigenvalue weighted by atomic mass is 9.58. The predicted octanol–water partition coefficient (Wildman–Crippen LogP) is 4.19. The van der Waals surface area contributed by atoms with Crippen molar-refractivity contribution in [3.63, 3.8) is 0 Å². The van der Waals surface area contributed by atoms with Gasteiger partial charge in [-0.25, -0.2) is 0 Å². The summed E-state index contributed by atoms with van der Waals surface area (Å²) >= 11 is 0. The molecule has 0 aromatic heterocycles. The van der Waals surface area contributed by atoms with E-state index < -0.39 is 0 Å². The summed E-state index contributed by atoms with van der Waals surface area (Å²) in [5, 5.41) is 11.2. The van der Waals surface area contributed by atoms with Crippen LogP contribution in [-0.2, 0) is 10.3 Å². The van der Waals surface area contributed by atoms with E-state index in [2.05, 4.69) is 58.9 Å². The van der Waals surface area contributed by atoms with Gasteiger partial charge in [0, 0.05) is 19.0 Å². The Hall–Kier alpha value is -1.37. The smallest absolute Gasteiger partial charge is 0.0991 e. The molecule has 3 heteroatoms. The van der Waals surface area contributed by atoms with Gasteiger partial charge in [-0.05, 0) is 68.2 Å². The van der Waals surface area contributed by atoms with Gasteiger partial charge >= 0.3 is 0 Å². The Morgan fingerprint density at radius 1 is 1.26 bits per heavy atom. The van der Waals surface area contributed by atoms with Gasteiger partial charge in [-0.3, -0.25) is 4.84 Å². The molecular weight excluding hydrogens is 284 g/mol. The van der Waals surface area contributed by atoms with Gasteiger partial charge in [-0.15, -0.1) is 0 Å². The molecule has 23 heavy (non-hydrogen) atoms. The van der Waals surface area contributed by atoms with Crippen molar-refractivity contribution in [1.29, 1.82) is 5.26 Å². The zero-order valence-corrected chi connectivity index (χ0v) is 15.2. The Labute approximate surface area is 140 Å². The number of nitriles is 1. The maximum absolute atomic E-state index is 9.12. The lowest BCUT2D eigenvalue weighted by Gasteiger charge is -2.47. The Morgan fingerprint density at radius 3 is 2.57 bits per heavy atom. The first kappa shape index (κ1) is 16.5. The molecule has 0 N–H and O–H groups in total. The molecule has 4 atom stereocenters. The fraction of sp³-hybridized carbons (Fsp3) is 0.650. The molecule has 1 aliphatic carbocycles. The van der Waals surface area contributed by atoms with Gasteiger partial charge < -0.3 is 0 Å². The van der Waals surface area contributed by atoms with Crippen LogP contribution in [0.2, 0.25) is 0 Å². The minimum atomic E-state index is -0.115. The van der Waals surface area contributed by atoms with Crippen LogP contribution in [0, 0.1) is 30.1 Å². The zero-order chi connectivity index (χ0) is 17.0. The van der Waals surface area contributed by atoms with Crippen molar-refractivity contribution in [2.75, 3.05) is 7.05 Å². The van der Waals surface area contributed by atoms with Crippen LogP contribution in [0.3, 0.4) is 0 Å². The summed E-state index contributed by atoms with van der Waals surface area (Å²) < 4.78 is 0. The fourth-order valence-electron chi connectivity index (χ4n) is 5.32. The highest BCUT2D eigenvalue weighted by atomic mass is 16.7. The van der Waals surface area contributed by atoms with Gasteiger partial charge in [0.2, 0.25) is 0 Å². The normalized spacial score (nSPS) is 36.5. The quantitative estimate of drug-likeness (QED) is 0.780. The second-order valence-electron chi connectivity index (χ2n) is 8.43. The van der Waals surface area contributed by atoms with E-state index in [-0.39, 0.29) is 11.0 Å². The average Bonchev–Trinajstić information content (AvgIpc) is 2.67. The summed E-state index contributed by atoms with van der Waals surface area (Å²) in [7, 11) is 2.08. The van der Waals surface area contributed by atoms with E-state index >= 15 is 0 Å². The zero-order valence-electron chi connectivity index (χ0n) is 15.2. The van der Waals surface area contributed by atoms with E-state index in [1.54, 1.807) is 0 Å². The number of fused-ring (bicyclic) bond motifs is 1. The topological polar surface area (TPSA) is 36.3 Å². The van der Waals surface area contributed by atoms with Crippen LogP contribution < -0.4 is 0 Å². The molecule has 4 unspecified atom stereocenters. The first-order valence-electron chi connectivity index (χ1n) is 8.61. The van der Waals surface area contributed by atoms with Crippen molar-refractivity contribution >= 4 is 0 Å². The summed E-state index contributed by atoms with van der Waals surface area (Å²) in [5.74, 6) is 1.11. The maximum Gasteiger partial charge on any atom is 0.0991 e. The summed E-state index contributed by atoms with van der Waals surface area (Å²) in [4.78, 5) is 6.15. The molecule has 0 amide bonds. The van der Waals surface area contributed by atoms with E-state index in [1.165, 1.54) is 11.1 Å². The highest BCUT2D eigenvalue weighted by Gasteiger charge is 2.55. The molecule has 1 aliphatic heterocycles. The fourth-order valence-corrected chi connectivity index (χ4v) is 5.32. The number of hydrogen-bond donors (Lipinski definition) is 0. The third kappa shape index (κ3) is 2.58. The summed E-state index contributed by atoms with van der Waals surface area (Å²) in [5.41, 5.74) is 3.41. The molecule has 0 bridgehead atoms. The first-order chi connectivity index (χ1) is 10.7. The molecule has 3 rings (SSSR count). The summed E-state index contributed by atoms with van der Waals surface area (Å²) in [6.07, 6.45) is 2.29. The van der Waals surface area contributed by atoms with Gasteiger partial charge in [-0.2, -0.15) is 10.3 Å². The average molecular weight is 312 g/mol. The van der Waals surface area contributed by atoms with Gasteiger partial charge in [0.25, 0.3) is 0 Å². The second-order valence-corrected chi connectivity index (χ2v) is 8.43. The Bertz CT molecular complexity index is 660. The Balaban J connectivity index is 1.99. The minimum Gasteiger partial charge on any atom is -0.293 e. The molecule has 124 valence electrons. The van der Waals surface area contributed by atoms with Crippen molar-refractivity contribution in [1.82, 2.24) is 5.06 Å². The van der Waals surface area contributed by atoms with Crippen LogP contribution >= 0.6 is 0 Å². The number of aryl methyl sites for hydroxylation is 1. The van der Waals surface area contributed by atoms with E-state index in [4.69, 9.17) is 10.1 Å². The summed E-state index contributed by atoms with van der Waals surface area (Å²) in [6, 6.07) is 8.91. The van der Waals surface area contributed by atoms with E-state index in [9.17, 15) is 0 Å². The van der Waals surface area contributed by atoms with E-state index in [0.717, 1.165) is 18.4 Å². The second kappa shape index (κ2) is 5.33. The molecule has 1 aromatic carbocycles. The third-order valence-electron chi connectivity index (χ3n) is 6.14. The Kier molecular flexibility index (Phi) is 3.82. The predicted molar refractivity (Wildman–Crippen MR) is 91.8 cm³/mol. The molecule has 1 heterocycles. The number of rotatable bonds is 1. The molecule has 0 spiro atoms. The molecule has 1 aromatic rings. The first-order valence-corrected chi connectivity index (χ1v) is 8.61. The Morgan fingerprint density at radius 2 is 1.96 bits per heavy atom. The van der Waals surface area contributed by atoms with Gasteiger partial charge in [0.1, 0.15) is 0 Å². The lowest BCUT2D eigenvalue weighted by Crippen LogP contribution is -2.48. The molecule has 2 aliphatic rings. The minimum absolute atomic E-state index is 0.115. The van der Waals surface area contributed by atoms with E-state index in [1.807, 2.05) is 12.1 Å². The highest BCUT2D eigenvalue weighted by Crippen LogP contribution is 2.53. The van der Waals surface area contributed by atoms with Crippen molar-refractivity contribution < 1.29 is 4.84 Å². The lowest BCUT2D eigenvalue weighted by molar-refractivity contribution is -0.182. The van der Waals surface area contributed by atoms with Crippen molar-refractivity contribution in [3.8, 4) is 6.07 Å². The molecule has 2 fully saturated rings. The van der Waals surface area contributed by atoms with Crippen molar-refractivity contribution in [3.05, 3.63) is 34.9 Å². The molecular formula is C20H28N2O. The standard InChI is InChI=1S/C20H28N2O/c1-13-9-15(12-21)7-8-16(13)20(5)10-14(2)18-17(11-20)19(3,4)23-22(18)6/h7-9,14,17-18H,10-11H2,1-6H3. The van der Waals surface area contributed by atoms with Crippen molar-refractivity contribution in [2.45, 2.75) is 64.5 Å². The van der Waals surface area contributed by atoms with Gasteiger partial charge in [0.05, 0.1) is 17.2 Å². The largest absolute Gasteiger partial charge is 0.293 e. The van der Waals surface area contributed by atoms with Crippen LogP contribution in [0.4, 0.5) is 0 Å². The SMILES string of the molecule is Cc1cc(C#N)ccc1C1(C)CC(C)C2C(C1)C(C)(C)ON2C. The third-order valence-corrected chi connectivity index (χ3v) is 6.14. The number of benzene rings is 1. The van der Waals surface area contributed by atoms with Gasteiger partial charge in [0.15, 0.2) is 0 Å². The van der Waals surface area contributed by atoms with Crippen LogP contribution in [-0.4, -0.2) is 23.8 Å². The molecule has 1 saturated carbocycles. The van der Waals surface area contributed by atoms with E-state index in [0.29, 0.717) is 17.9 Å².